The molecular formula is C16H14FN5O2. The highest BCUT2D eigenvalue weighted by molar-refractivity contribution is 6.04. The Bertz CT molecular complexity index is 935. The molecule has 3 aromatic rings. The summed E-state index contributed by atoms with van der Waals surface area (Å²) >= 11 is 0. The van der Waals surface area contributed by atoms with Gasteiger partial charge in [-0.1, -0.05) is 17.3 Å². The van der Waals surface area contributed by atoms with Crippen LogP contribution in [0.15, 0.2) is 28.8 Å². The number of aromatic nitrogens is 3. The first-order valence-electron chi connectivity index (χ1n) is 7.57. The molecule has 2 aromatic heterocycles. The van der Waals surface area contributed by atoms with E-state index >= 15 is 0 Å². The third-order valence-electron chi connectivity index (χ3n) is 3.90. The van der Waals surface area contributed by atoms with Crippen molar-refractivity contribution in [1.82, 2.24) is 20.4 Å². The fraction of sp³-hybridized carbons (Fsp3) is 0.250. The molecule has 2 heterocycles. The van der Waals surface area contributed by atoms with Crippen LogP contribution in [0.1, 0.15) is 40.7 Å². The number of hydrogen-bond acceptors (Lipinski definition) is 6. The molecule has 1 amide bonds. The highest BCUT2D eigenvalue weighted by Gasteiger charge is 2.28. The minimum atomic E-state index is -0.554. The fourth-order valence-corrected chi connectivity index (χ4v) is 2.53. The molecule has 0 unspecified atom stereocenters. The van der Waals surface area contributed by atoms with Gasteiger partial charge in [0.2, 0.25) is 5.95 Å². The van der Waals surface area contributed by atoms with Crippen LogP contribution in [0.4, 0.5) is 10.3 Å². The molecule has 3 N–H and O–H groups in total. The van der Waals surface area contributed by atoms with Gasteiger partial charge >= 0.3 is 0 Å². The maximum absolute atomic E-state index is 13.8. The molecule has 0 spiro atoms. The van der Waals surface area contributed by atoms with Gasteiger partial charge < -0.3 is 15.6 Å². The van der Waals surface area contributed by atoms with Crippen LogP contribution in [0.5, 0.6) is 0 Å². The number of anilines is 1. The SMILES string of the molecule is Nc1nc(C(=O)NCc2cc(C3CC3)on2)c2cccc(F)c2n1. The van der Waals surface area contributed by atoms with E-state index in [0.29, 0.717) is 17.0 Å². The van der Waals surface area contributed by atoms with E-state index in [1.807, 2.05) is 6.07 Å². The third kappa shape index (κ3) is 2.66. The molecule has 0 radical (unpaired) electrons. The molecule has 0 bridgehead atoms. The van der Waals surface area contributed by atoms with E-state index in [4.69, 9.17) is 10.3 Å². The smallest absolute Gasteiger partial charge is 0.271 e. The minimum absolute atomic E-state index is 0.0209. The van der Waals surface area contributed by atoms with E-state index in [1.54, 1.807) is 6.07 Å². The normalized spacial score (nSPS) is 14.0. The number of benzene rings is 1. The maximum Gasteiger partial charge on any atom is 0.271 e. The molecule has 1 aliphatic rings. The van der Waals surface area contributed by atoms with Gasteiger partial charge in [-0.2, -0.15) is 0 Å². The van der Waals surface area contributed by atoms with Gasteiger partial charge in [0.25, 0.3) is 5.91 Å². The van der Waals surface area contributed by atoms with Crippen LogP contribution in [-0.4, -0.2) is 21.0 Å². The monoisotopic (exact) mass is 327 g/mol. The standard InChI is InChI=1S/C16H14FN5O2/c17-11-3-1-2-10-13(11)20-16(18)21-14(10)15(23)19-7-9-6-12(24-22-9)8-4-5-8/h1-3,6,8H,4-5,7H2,(H,19,23)(H2,18,20,21). The minimum Gasteiger partial charge on any atom is -0.368 e. The van der Waals surface area contributed by atoms with Crippen molar-refractivity contribution in [1.29, 1.82) is 0 Å². The lowest BCUT2D eigenvalue weighted by Crippen LogP contribution is -2.25. The average Bonchev–Trinajstić information content (AvgIpc) is 3.31. The van der Waals surface area contributed by atoms with Crippen molar-refractivity contribution in [3.63, 3.8) is 0 Å². The molecule has 1 aliphatic carbocycles. The predicted octanol–water partition coefficient (Wildman–Crippen LogP) is 2.15. The maximum atomic E-state index is 13.8. The number of para-hydroxylation sites is 1. The molecule has 1 saturated carbocycles. The number of nitrogen functional groups attached to an aromatic ring is 1. The van der Waals surface area contributed by atoms with E-state index in [0.717, 1.165) is 18.6 Å². The second kappa shape index (κ2) is 5.55. The first kappa shape index (κ1) is 14.6. The van der Waals surface area contributed by atoms with Crippen LogP contribution in [0, 0.1) is 5.82 Å². The Labute approximate surface area is 136 Å². The summed E-state index contributed by atoms with van der Waals surface area (Å²) in [7, 11) is 0. The highest BCUT2D eigenvalue weighted by atomic mass is 19.1. The zero-order valence-electron chi connectivity index (χ0n) is 12.6. The van der Waals surface area contributed by atoms with Crippen LogP contribution in [0.2, 0.25) is 0 Å². The van der Waals surface area contributed by atoms with Crippen molar-refractivity contribution >= 4 is 22.8 Å². The van der Waals surface area contributed by atoms with Gasteiger partial charge in [-0.3, -0.25) is 4.79 Å². The Balaban J connectivity index is 1.57. The van der Waals surface area contributed by atoms with Gasteiger partial charge in [-0.05, 0) is 18.9 Å². The second-order valence-corrected chi connectivity index (χ2v) is 5.74. The zero-order chi connectivity index (χ0) is 16.7. The summed E-state index contributed by atoms with van der Waals surface area (Å²) < 4.78 is 19.1. The van der Waals surface area contributed by atoms with E-state index in [-0.39, 0.29) is 23.7 Å². The summed E-state index contributed by atoms with van der Waals surface area (Å²) in [5, 5.41) is 6.93. The molecule has 1 fully saturated rings. The van der Waals surface area contributed by atoms with Gasteiger partial charge in [0.05, 0.1) is 6.54 Å². The quantitative estimate of drug-likeness (QED) is 0.760. The number of hydrogen-bond donors (Lipinski definition) is 2. The van der Waals surface area contributed by atoms with Gasteiger partial charge in [0.1, 0.15) is 28.5 Å². The predicted molar refractivity (Wildman–Crippen MR) is 83.6 cm³/mol. The number of carbonyl (C=O) groups is 1. The van der Waals surface area contributed by atoms with Gasteiger partial charge in [0.15, 0.2) is 0 Å². The Kier molecular flexibility index (Phi) is 3.37. The lowest BCUT2D eigenvalue weighted by atomic mass is 10.1. The Morgan fingerprint density at radius 2 is 2.21 bits per heavy atom. The number of amides is 1. The van der Waals surface area contributed by atoms with Gasteiger partial charge in [-0.15, -0.1) is 0 Å². The van der Waals surface area contributed by atoms with Gasteiger partial charge in [-0.25, -0.2) is 14.4 Å². The molecule has 24 heavy (non-hydrogen) atoms. The van der Waals surface area contributed by atoms with Crippen molar-refractivity contribution in [2.45, 2.75) is 25.3 Å². The summed E-state index contributed by atoms with van der Waals surface area (Å²) in [5.41, 5.74) is 6.26. The van der Waals surface area contributed by atoms with E-state index in [1.165, 1.54) is 12.1 Å². The number of rotatable bonds is 4. The van der Waals surface area contributed by atoms with Crippen LogP contribution in [0.3, 0.4) is 0 Å². The highest BCUT2D eigenvalue weighted by Crippen LogP contribution is 2.40. The number of nitrogens with zero attached hydrogens (tertiary/aromatic N) is 3. The topological polar surface area (TPSA) is 107 Å². The van der Waals surface area contributed by atoms with Crippen molar-refractivity contribution < 1.29 is 13.7 Å². The molecule has 7 nitrogen and oxygen atoms in total. The lowest BCUT2D eigenvalue weighted by Gasteiger charge is -2.07. The first-order chi connectivity index (χ1) is 11.6. The third-order valence-corrected chi connectivity index (χ3v) is 3.90. The summed E-state index contributed by atoms with van der Waals surface area (Å²) in [5.74, 6) is 0.112. The number of halogens is 1. The fourth-order valence-electron chi connectivity index (χ4n) is 2.53. The number of nitrogens with one attached hydrogen (secondary N) is 1. The molecule has 0 aliphatic heterocycles. The largest absolute Gasteiger partial charge is 0.368 e. The summed E-state index contributed by atoms with van der Waals surface area (Å²) in [6, 6.07) is 6.16. The lowest BCUT2D eigenvalue weighted by molar-refractivity contribution is 0.0947. The molecule has 1 aromatic carbocycles. The molecule has 8 heteroatoms. The Morgan fingerprint density at radius 1 is 1.38 bits per heavy atom. The van der Waals surface area contributed by atoms with Crippen molar-refractivity contribution in [2.75, 3.05) is 5.73 Å². The van der Waals surface area contributed by atoms with Crippen LogP contribution < -0.4 is 11.1 Å². The number of carbonyl (C=O) groups excluding carboxylic acids is 1. The van der Waals surface area contributed by atoms with E-state index in [9.17, 15) is 9.18 Å². The average molecular weight is 327 g/mol. The van der Waals surface area contributed by atoms with Crippen molar-refractivity contribution in [2.24, 2.45) is 0 Å². The second-order valence-electron chi connectivity index (χ2n) is 5.74. The number of fused-ring (bicyclic) bond motifs is 1. The zero-order valence-corrected chi connectivity index (χ0v) is 12.6. The molecule has 0 atom stereocenters. The van der Waals surface area contributed by atoms with E-state index < -0.39 is 11.7 Å². The summed E-state index contributed by atoms with van der Waals surface area (Å²) in [6.07, 6.45) is 2.22. The van der Waals surface area contributed by atoms with Crippen LogP contribution in [-0.2, 0) is 6.54 Å². The summed E-state index contributed by atoms with van der Waals surface area (Å²) in [4.78, 5) is 20.2. The van der Waals surface area contributed by atoms with Crippen LogP contribution in [0.25, 0.3) is 10.9 Å². The van der Waals surface area contributed by atoms with Gasteiger partial charge in [0, 0.05) is 17.4 Å². The Hall–Kier alpha value is -3.03. The Morgan fingerprint density at radius 3 is 3.00 bits per heavy atom. The molecule has 4 rings (SSSR count). The molecule has 0 saturated heterocycles. The van der Waals surface area contributed by atoms with Crippen molar-refractivity contribution in [3.8, 4) is 0 Å². The summed E-state index contributed by atoms with van der Waals surface area (Å²) in [6.45, 7) is 0.190. The van der Waals surface area contributed by atoms with E-state index in [2.05, 4.69) is 20.4 Å². The molecular weight excluding hydrogens is 313 g/mol. The number of nitrogens with two attached hydrogens (primary N) is 1. The van der Waals surface area contributed by atoms with Crippen molar-refractivity contribution in [3.05, 3.63) is 47.2 Å². The first-order valence-corrected chi connectivity index (χ1v) is 7.57. The van der Waals surface area contributed by atoms with Crippen LogP contribution >= 0.6 is 0 Å². The molecule has 122 valence electrons.